The van der Waals surface area contributed by atoms with E-state index in [1.807, 2.05) is 50.4 Å². The van der Waals surface area contributed by atoms with Crippen molar-refractivity contribution in [1.82, 2.24) is 14.7 Å². The zero-order chi connectivity index (χ0) is 20.6. The molecule has 3 aromatic rings. The molecular formula is C21H23N3O3S2. The van der Waals surface area contributed by atoms with E-state index in [0.29, 0.717) is 17.1 Å². The molecule has 0 spiro atoms. The summed E-state index contributed by atoms with van der Waals surface area (Å²) in [6, 6.07) is 9.72. The number of nitrogens with one attached hydrogen (secondary N) is 3. The minimum Gasteiger partial charge on any atom is -0.361 e. The van der Waals surface area contributed by atoms with Gasteiger partial charge in [-0.1, -0.05) is 31.2 Å². The highest BCUT2D eigenvalue weighted by Gasteiger charge is 2.29. The van der Waals surface area contributed by atoms with Gasteiger partial charge in [-0.25, -0.2) is 13.1 Å². The largest absolute Gasteiger partial charge is 0.361 e. The zero-order valence-electron chi connectivity index (χ0n) is 16.3. The molecule has 0 saturated carbocycles. The molecule has 1 aliphatic rings. The lowest BCUT2D eigenvalue weighted by Crippen LogP contribution is -2.23. The van der Waals surface area contributed by atoms with Crippen molar-refractivity contribution in [3.63, 3.8) is 0 Å². The monoisotopic (exact) mass is 429 g/mol. The summed E-state index contributed by atoms with van der Waals surface area (Å²) in [7, 11) is -3.59. The van der Waals surface area contributed by atoms with Crippen LogP contribution in [0.4, 0.5) is 0 Å². The van der Waals surface area contributed by atoms with Crippen molar-refractivity contribution in [3.05, 3.63) is 79.6 Å². The highest BCUT2D eigenvalue weighted by Crippen LogP contribution is 2.46. The first kappa shape index (κ1) is 20.0. The first-order valence-electron chi connectivity index (χ1n) is 9.53. The van der Waals surface area contributed by atoms with Gasteiger partial charge in [-0.15, -0.1) is 11.8 Å². The van der Waals surface area contributed by atoms with Crippen LogP contribution in [0.25, 0.3) is 10.9 Å². The summed E-state index contributed by atoms with van der Waals surface area (Å²) in [6.07, 6.45) is 4.86. The van der Waals surface area contributed by atoms with E-state index < -0.39 is 10.0 Å². The Morgan fingerprint density at radius 2 is 2.03 bits per heavy atom. The fourth-order valence-corrected chi connectivity index (χ4v) is 6.48. The molecule has 3 N–H and O–H groups in total. The van der Waals surface area contributed by atoms with Crippen molar-refractivity contribution in [2.75, 3.05) is 0 Å². The van der Waals surface area contributed by atoms with E-state index in [2.05, 4.69) is 14.7 Å². The number of allylic oxidation sites excluding steroid dienone is 1. The normalized spacial score (nSPS) is 17.0. The van der Waals surface area contributed by atoms with Gasteiger partial charge in [-0.2, -0.15) is 0 Å². The lowest BCUT2D eigenvalue weighted by atomic mass is 10.0. The molecule has 152 valence electrons. The van der Waals surface area contributed by atoms with Crippen molar-refractivity contribution in [2.45, 2.75) is 38.5 Å². The number of rotatable bonds is 6. The maximum absolute atomic E-state index is 12.8. The second kappa shape index (κ2) is 7.85. The average Bonchev–Trinajstić information content (AvgIpc) is 3.34. The zero-order valence-corrected chi connectivity index (χ0v) is 17.9. The number of aromatic amines is 2. The molecule has 4 rings (SSSR count). The summed E-state index contributed by atoms with van der Waals surface area (Å²) in [4.78, 5) is 18.0. The second-order valence-corrected chi connectivity index (χ2v) is 10.3. The van der Waals surface area contributed by atoms with E-state index in [9.17, 15) is 13.2 Å². The molecule has 0 radical (unpaired) electrons. The summed E-state index contributed by atoms with van der Waals surface area (Å²) >= 11 is 1.33. The molecule has 0 saturated heterocycles. The summed E-state index contributed by atoms with van der Waals surface area (Å²) in [5.41, 5.74) is 4.33. The van der Waals surface area contributed by atoms with Crippen LogP contribution in [0, 0.1) is 6.92 Å². The van der Waals surface area contributed by atoms with E-state index >= 15 is 0 Å². The number of pyridine rings is 1. The van der Waals surface area contributed by atoms with Crippen LogP contribution in [0.15, 0.2) is 51.6 Å². The van der Waals surface area contributed by atoms with Gasteiger partial charge in [0.2, 0.25) is 10.0 Å². The number of H-pyrrole nitrogens is 2. The first-order chi connectivity index (χ1) is 13.9. The highest BCUT2D eigenvalue weighted by atomic mass is 32.3. The van der Waals surface area contributed by atoms with E-state index in [4.69, 9.17) is 0 Å². The molecule has 0 fully saturated rings. The molecule has 0 aliphatic carbocycles. The molecule has 1 unspecified atom stereocenters. The predicted molar refractivity (Wildman–Crippen MR) is 118 cm³/mol. The van der Waals surface area contributed by atoms with Gasteiger partial charge in [0.1, 0.15) is 4.24 Å². The van der Waals surface area contributed by atoms with Gasteiger partial charge >= 0.3 is 0 Å². The number of aryl methyl sites for hydroxylation is 2. The van der Waals surface area contributed by atoms with Crippen LogP contribution in [-0.2, 0) is 23.0 Å². The Balaban J connectivity index is 1.49. The first-order valence-corrected chi connectivity index (χ1v) is 11.9. The SMILES string of the molecule is CCc1cc(C2CC=C(S(=O)(=O)NCc3c[nH]c4ccccc34)S2)c(C)[nH]c1=O. The molecule has 1 aliphatic heterocycles. The van der Waals surface area contributed by atoms with Crippen molar-refractivity contribution >= 4 is 32.7 Å². The smallest absolute Gasteiger partial charge is 0.251 e. The van der Waals surface area contributed by atoms with Gasteiger partial charge in [-0.05, 0) is 43.0 Å². The van der Waals surface area contributed by atoms with Gasteiger partial charge in [0.05, 0.1) is 0 Å². The third-order valence-electron chi connectivity index (χ3n) is 5.23. The Morgan fingerprint density at radius 1 is 1.24 bits per heavy atom. The minimum atomic E-state index is -3.59. The van der Waals surface area contributed by atoms with E-state index in [0.717, 1.165) is 33.3 Å². The predicted octanol–water partition coefficient (Wildman–Crippen LogP) is 3.87. The van der Waals surface area contributed by atoms with Gasteiger partial charge < -0.3 is 9.97 Å². The Hall–Kier alpha value is -2.29. The molecule has 0 amide bonds. The Morgan fingerprint density at radius 3 is 2.83 bits per heavy atom. The number of sulfonamides is 1. The fourth-order valence-electron chi connectivity index (χ4n) is 3.61. The van der Waals surface area contributed by atoms with Crippen molar-refractivity contribution in [1.29, 1.82) is 0 Å². The molecule has 29 heavy (non-hydrogen) atoms. The maximum Gasteiger partial charge on any atom is 0.251 e. The summed E-state index contributed by atoms with van der Waals surface area (Å²) in [5, 5.41) is 0.994. The van der Waals surface area contributed by atoms with Crippen LogP contribution in [0.1, 0.15) is 41.0 Å². The van der Waals surface area contributed by atoms with E-state index in [-0.39, 0.29) is 17.4 Å². The van der Waals surface area contributed by atoms with Crippen LogP contribution in [-0.4, -0.2) is 18.4 Å². The summed E-state index contributed by atoms with van der Waals surface area (Å²) in [5.74, 6) is 0. The van der Waals surface area contributed by atoms with Gasteiger partial charge in [0.25, 0.3) is 5.56 Å². The topological polar surface area (TPSA) is 94.8 Å². The van der Waals surface area contributed by atoms with Gasteiger partial charge in [0.15, 0.2) is 0 Å². The maximum atomic E-state index is 12.8. The van der Waals surface area contributed by atoms with Crippen LogP contribution in [0.3, 0.4) is 0 Å². The lowest BCUT2D eigenvalue weighted by molar-refractivity contribution is 0.590. The number of thioether (sulfide) groups is 1. The Labute approximate surface area is 173 Å². The number of para-hydroxylation sites is 1. The lowest BCUT2D eigenvalue weighted by Gasteiger charge is -2.15. The second-order valence-electron chi connectivity index (χ2n) is 7.11. The number of fused-ring (bicyclic) bond motifs is 1. The van der Waals surface area contributed by atoms with Crippen LogP contribution in [0.5, 0.6) is 0 Å². The molecule has 3 heterocycles. The standard InChI is InChI=1S/C21H23N3O3S2/c1-3-14-10-17(13(2)24-21(14)25)19-8-9-20(28-19)29(26,27)23-12-15-11-22-18-7-5-4-6-16(15)18/h4-7,9-11,19,22-23H,3,8,12H2,1-2H3,(H,24,25). The number of hydrogen-bond donors (Lipinski definition) is 3. The molecule has 1 atom stereocenters. The third kappa shape index (κ3) is 3.92. The van der Waals surface area contributed by atoms with Gasteiger partial charge in [0, 0.05) is 40.2 Å². The molecule has 6 nitrogen and oxygen atoms in total. The van der Waals surface area contributed by atoms with Crippen molar-refractivity contribution < 1.29 is 8.42 Å². The van der Waals surface area contributed by atoms with Crippen LogP contribution in [0.2, 0.25) is 0 Å². The molecule has 8 heteroatoms. The quantitative estimate of drug-likeness (QED) is 0.554. The highest BCUT2D eigenvalue weighted by molar-refractivity contribution is 8.18. The molecule has 0 bridgehead atoms. The molecular weight excluding hydrogens is 406 g/mol. The number of benzene rings is 1. The third-order valence-corrected chi connectivity index (χ3v) is 8.53. The van der Waals surface area contributed by atoms with Crippen LogP contribution >= 0.6 is 11.8 Å². The van der Waals surface area contributed by atoms with Crippen LogP contribution < -0.4 is 10.3 Å². The van der Waals surface area contributed by atoms with Crippen molar-refractivity contribution in [2.24, 2.45) is 0 Å². The fraction of sp³-hybridized carbons (Fsp3) is 0.286. The molecule has 1 aromatic carbocycles. The molecule has 2 aromatic heterocycles. The Bertz CT molecular complexity index is 1260. The van der Waals surface area contributed by atoms with Crippen molar-refractivity contribution in [3.8, 4) is 0 Å². The number of aromatic nitrogens is 2. The average molecular weight is 430 g/mol. The summed E-state index contributed by atoms with van der Waals surface area (Å²) < 4.78 is 28.7. The minimum absolute atomic E-state index is 0.0168. The van der Waals surface area contributed by atoms with Gasteiger partial charge in [-0.3, -0.25) is 4.79 Å². The van der Waals surface area contributed by atoms with E-state index in [1.165, 1.54) is 11.8 Å². The number of hydrogen-bond acceptors (Lipinski definition) is 4. The Kier molecular flexibility index (Phi) is 5.42. The summed E-state index contributed by atoms with van der Waals surface area (Å²) in [6.45, 7) is 4.03. The van der Waals surface area contributed by atoms with E-state index in [1.54, 1.807) is 6.08 Å².